The van der Waals surface area contributed by atoms with Crippen LogP contribution in [0.3, 0.4) is 0 Å². The van der Waals surface area contributed by atoms with E-state index in [-0.39, 0.29) is 0 Å². The van der Waals surface area contributed by atoms with Gasteiger partial charge < -0.3 is 0 Å². The van der Waals surface area contributed by atoms with Gasteiger partial charge in [-0.3, -0.25) is 0 Å². The third-order valence-corrected chi connectivity index (χ3v) is 17.5. The molecular formula is C34H51O2P. The Morgan fingerprint density at radius 3 is 1.73 bits per heavy atom. The molecule has 2 saturated carbocycles. The van der Waals surface area contributed by atoms with Crippen LogP contribution in [0.5, 0.6) is 11.5 Å². The van der Waals surface area contributed by atoms with E-state index < -0.39 is 7.26 Å². The molecule has 2 aliphatic carbocycles. The molecule has 2 nitrogen and oxygen atoms in total. The zero-order chi connectivity index (χ0) is 26.3. The third-order valence-electron chi connectivity index (χ3n) is 10.5. The van der Waals surface area contributed by atoms with E-state index in [0.29, 0.717) is 17.5 Å². The van der Waals surface area contributed by atoms with Crippen molar-refractivity contribution in [2.24, 2.45) is 0 Å². The Hall–Kier alpha value is -1.53. The van der Waals surface area contributed by atoms with Crippen LogP contribution in [0.2, 0.25) is 0 Å². The second-order valence-corrected chi connectivity index (χ2v) is 17.8. The van der Waals surface area contributed by atoms with Crippen LogP contribution < -0.4 is 14.8 Å². The van der Waals surface area contributed by atoms with Gasteiger partial charge in [-0.1, -0.05) is 0 Å². The molecule has 0 amide bonds. The number of rotatable bonds is 6. The summed E-state index contributed by atoms with van der Waals surface area (Å²) in [4.78, 5) is 0. The van der Waals surface area contributed by atoms with Crippen LogP contribution in [0.4, 0.5) is 0 Å². The predicted molar refractivity (Wildman–Crippen MR) is 163 cm³/mol. The topological polar surface area (TPSA) is 18.5 Å². The Morgan fingerprint density at radius 2 is 1.24 bits per heavy atom. The minimum absolute atomic E-state index is 0.460. The molecule has 1 atom stereocenters. The fourth-order valence-corrected chi connectivity index (χ4v) is 16.9. The summed E-state index contributed by atoms with van der Waals surface area (Å²) >= 11 is 0. The summed E-state index contributed by atoms with van der Waals surface area (Å²) in [6.07, 6.45) is 14.0. The Morgan fingerprint density at radius 1 is 0.703 bits per heavy atom. The fraction of sp³-hybridized carbons (Fsp3) is 0.647. The first-order chi connectivity index (χ1) is 17.9. The maximum atomic E-state index is 6.35. The molecule has 2 aromatic carbocycles. The number of hydrogen-bond acceptors (Lipinski definition) is 2. The van der Waals surface area contributed by atoms with Crippen molar-refractivity contribution in [3.63, 3.8) is 0 Å². The number of methoxy groups -OCH3 is 2. The van der Waals surface area contributed by atoms with Crippen molar-refractivity contribution in [3.8, 4) is 22.6 Å². The van der Waals surface area contributed by atoms with Crippen LogP contribution in [-0.2, 0) is 0 Å². The van der Waals surface area contributed by atoms with E-state index >= 15 is 0 Å². The van der Waals surface area contributed by atoms with Crippen molar-refractivity contribution >= 4 is 12.6 Å². The van der Waals surface area contributed by atoms with E-state index in [0.717, 1.165) is 22.8 Å². The number of benzene rings is 2. The molecule has 0 spiro atoms. The van der Waals surface area contributed by atoms with Crippen molar-refractivity contribution < 1.29 is 9.47 Å². The molecule has 2 fully saturated rings. The quantitative estimate of drug-likeness (QED) is 0.352. The molecule has 0 aromatic heterocycles. The van der Waals surface area contributed by atoms with Crippen LogP contribution in [0.25, 0.3) is 11.1 Å². The molecule has 0 N–H and O–H groups in total. The van der Waals surface area contributed by atoms with Crippen molar-refractivity contribution in [1.82, 2.24) is 0 Å². The molecule has 0 saturated heterocycles. The van der Waals surface area contributed by atoms with Crippen LogP contribution in [0, 0.1) is 0 Å². The summed E-state index contributed by atoms with van der Waals surface area (Å²) in [5.74, 6) is 3.20. The summed E-state index contributed by atoms with van der Waals surface area (Å²) in [7, 11) is 1.70. The summed E-state index contributed by atoms with van der Waals surface area (Å²) in [5, 5.41) is 1.63. The molecule has 3 heteroatoms. The second-order valence-electron chi connectivity index (χ2n) is 12.9. The first-order valence-electron chi connectivity index (χ1n) is 15.3. The summed E-state index contributed by atoms with van der Waals surface area (Å²) < 4.78 is 12.6. The SMILES string of the molecule is COc1ccc(OC)c2c1-c1c(C(C)C)cc(C(C)C)cc1C(C)[PH]2(C1CCCCC1)C1CCCCC1. The molecule has 1 aliphatic heterocycles. The molecule has 3 aliphatic rings. The predicted octanol–water partition coefficient (Wildman–Crippen LogP) is 9.73. The molecule has 0 radical (unpaired) electrons. The molecule has 1 heterocycles. The Kier molecular flexibility index (Phi) is 7.98. The van der Waals surface area contributed by atoms with Gasteiger partial charge in [0.15, 0.2) is 0 Å². The summed E-state index contributed by atoms with van der Waals surface area (Å²) in [6, 6.07) is 9.59. The molecule has 204 valence electrons. The van der Waals surface area contributed by atoms with Crippen molar-refractivity contribution in [2.45, 2.75) is 128 Å². The first-order valence-corrected chi connectivity index (χ1v) is 17.5. The van der Waals surface area contributed by atoms with Gasteiger partial charge in [0.05, 0.1) is 0 Å². The van der Waals surface area contributed by atoms with E-state index in [1.54, 1.807) is 10.9 Å². The molecular weight excluding hydrogens is 471 g/mol. The third kappa shape index (κ3) is 4.34. The maximum absolute atomic E-state index is 6.35. The van der Waals surface area contributed by atoms with Gasteiger partial charge in [0.1, 0.15) is 0 Å². The van der Waals surface area contributed by atoms with Crippen LogP contribution >= 0.6 is 7.26 Å². The molecule has 0 bridgehead atoms. The molecule has 2 aromatic rings. The second kappa shape index (κ2) is 10.9. The van der Waals surface area contributed by atoms with Gasteiger partial charge in [-0.15, -0.1) is 0 Å². The number of ether oxygens (including phenoxy) is 2. The van der Waals surface area contributed by atoms with E-state index in [9.17, 15) is 0 Å². The van der Waals surface area contributed by atoms with Gasteiger partial charge >= 0.3 is 227 Å². The van der Waals surface area contributed by atoms with Crippen LogP contribution in [-0.4, -0.2) is 25.5 Å². The Bertz CT molecular complexity index is 1090. The average molecular weight is 523 g/mol. The van der Waals surface area contributed by atoms with Gasteiger partial charge in [-0.25, -0.2) is 0 Å². The summed E-state index contributed by atoms with van der Waals surface area (Å²) in [6.45, 7) is 12.1. The van der Waals surface area contributed by atoms with Crippen LogP contribution in [0.1, 0.15) is 133 Å². The summed E-state index contributed by atoms with van der Waals surface area (Å²) in [5.41, 5.74) is 9.79. The zero-order valence-corrected chi connectivity index (χ0v) is 25.6. The Balaban J connectivity index is 1.93. The number of fused-ring (bicyclic) bond motifs is 3. The minimum atomic E-state index is -2.09. The molecule has 1 unspecified atom stereocenters. The van der Waals surface area contributed by atoms with E-state index in [1.165, 1.54) is 86.5 Å². The Labute approximate surface area is 227 Å². The standard InChI is InChI=1S/C34H51O2P/c1-22(2)25-20-28(23(3)4)32-29(21-25)24(5)37(26-14-10-8-11-15-26,27-16-12-9-13-17-27)34-31(36-7)19-18-30(35-6)33(32)34/h18-24,26-27,37H,8-17H2,1-7H3. The van der Waals surface area contributed by atoms with Crippen molar-refractivity contribution in [2.75, 3.05) is 14.2 Å². The van der Waals surface area contributed by atoms with Crippen molar-refractivity contribution in [3.05, 3.63) is 41.0 Å². The van der Waals surface area contributed by atoms with Crippen molar-refractivity contribution in [1.29, 1.82) is 0 Å². The van der Waals surface area contributed by atoms with Gasteiger partial charge in [-0.2, -0.15) is 0 Å². The average Bonchev–Trinajstić information content (AvgIpc) is 2.93. The van der Waals surface area contributed by atoms with Crippen LogP contribution in [0.15, 0.2) is 24.3 Å². The first kappa shape index (κ1) is 27.1. The van der Waals surface area contributed by atoms with E-state index in [4.69, 9.17) is 9.47 Å². The van der Waals surface area contributed by atoms with Gasteiger partial charge in [0.2, 0.25) is 0 Å². The van der Waals surface area contributed by atoms with Gasteiger partial charge in [-0.05, 0) is 0 Å². The van der Waals surface area contributed by atoms with Gasteiger partial charge in [0.25, 0.3) is 0 Å². The van der Waals surface area contributed by atoms with E-state index in [1.807, 2.05) is 14.2 Å². The normalized spacial score (nSPS) is 23.0. The monoisotopic (exact) mass is 522 g/mol. The van der Waals surface area contributed by atoms with E-state index in [2.05, 4.69) is 58.9 Å². The fourth-order valence-electron chi connectivity index (χ4n) is 8.80. The molecule has 37 heavy (non-hydrogen) atoms. The van der Waals surface area contributed by atoms with Gasteiger partial charge in [0, 0.05) is 0 Å². The zero-order valence-electron chi connectivity index (χ0n) is 24.6. The molecule has 5 rings (SSSR count). The number of hydrogen-bond donors (Lipinski definition) is 0.